The van der Waals surface area contributed by atoms with Crippen molar-refractivity contribution in [2.75, 3.05) is 80.7 Å². The quantitative estimate of drug-likeness (QED) is 0.226. The first kappa shape index (κ1) is 36.4. The van der Waals surface area contributed by atoms with Crippen LogP contribution in [0, 0.1) is 17.2 Å². The van der Waals surface area contributed by atoms with Crippen LogP contribution in [0.3, 0.4) is 0 Å². The number of piperazine rings is 1. The Bertz CT molecular complexity index is 2150. The minimum absolute atomic E-state index is 0.0600. The molecule has 290 valence electrons. The Balaban J connectivity index is 0.780. The predicted molar refractivity (Wildman–Crippen MR) is 214 cm³/mol. The average Bonchev–Trinajstić information content (AvgIpc) is 3.90. The van der Waals surface area contributed by atoms with Gasteiger partial charge in [-0.1, -0.05) is 11.8 Å². The van der Waals surface area contributed by atoms with Gasteiger partial charge in [0, 0.05) is 89.9 Å². The van der Waals surface area contributed by atoms with E-state index in [0.717, 1.165) is 124 Å². The smallest absolute Gasteiger partial charge is 0.328 e. The third kappa shape index (κ3) is 7.74. The van der Waals surface area contributed by atoms with E-state index in [9.17, 15) is 14.9 Å². The van der Waals surface area contributed by atoms with Gasteiger partial charge < -0.3 is 19.9 Å². The largest absolute Gasteiger partial charge is 0.381 e. The zero-order valence-electron chi connectivity index (χ0n) is 31.1. The first-order valence-corrected chi connectivity index (χ1v) is 20.4. The Labute approximate surface area is 329 Å². The molecule has 0 saturated carbocycles. The number of carbonyl (C=O) groups is 2. The first-order valence-electron chi connectivity index (χ1n) is 19.5. The van der Waals surface area contributed by atoms with Crippen LogP contribution < -0.4 is 25.9 Å². The summed E-state index contributed by atoms with van der Waals surface area (Å²) in [5.41, 5.74) is 9.19. The third-order valence-corrected chi connectivity index (χ3v) is 12.6. The number of aromatic nitrogens is 4. The number of hydrazone groups is 1. The van der Waals surface area contributed by atoms with Gasteiger partial charge in [0.2, 0.25) is 5.91 Å². The van der Waals surface area contributed by atoms with Crippen molar-refractivity contribution in [2.24, 2.45) is 11.0 Å². The maximum absolute atomic E-state index is 12.2. The minimum Gasteiger partial charge on any atom is -0.381 e. The number of piperidine rings is 1. The second-order valence-electron chi connectivity index (χ2n) is 15.0. The molecule has 17 heteroatoms. The number of anilines is 3. The van der Waals surface area contributed by atoms with Crippen LogP contribution in [0.5, 0.6) is 0 Å². The molecule has 3 N–H and O–H groups in total. The summed E-state index contributed by atoms with van der Waals surface area (Å²) >= 11 is 1.75. The van der Waals surface area contributed by atoms with Gasteiger partial charge in [-0.3, -0.25) is 30.3 Å². The number of carbonyl (C=O) groups excluding carboxylic acids is 2. The lowest BCUT2D eigenvalue weighted by Gasteiger charge is -2.40. The fourth-order valence-corrected chi connectivity index (χ4v) is 9.25. The lowest BCUT2D eigenvalue weighted by atomic mass is 9.96. The molecule has 0 aromatic carbocycles. The van der Waals surface area contributed by atoms with Gasteiger partial charge >= 0.3 is 6.03 Å². The average molecular weight is 776 g/mol. The van der Waals surface area contributed by atoms with E-state index in [1.165, 1.54) is 0 Å². The lowest BCUT2D eigenvalue weighted by Crippen LogP contribution is -2.53. The van der Waals surface area contributed by atoms with Gasteiger partial charge in [0.25, 0.3) is 0 Å². The number of nitrogens with one attached hydrogen (secondary N) is 3. The van der Waals surface area contributed by atoms with E-state index in [0.29, 0.717) is 36.2 Å². The Morgan fingerprint density at radius 3 is 2.54 bits per heavy atom. The molecule has 0 bridgehead atoms. The van der Waals surface area contributed by atoms with Crippen molar-refractivity contribution in [3.63, 3.8) is 0 Å². The Morgan fingerprint density at radius 1 is 0.929 bits per heavy atom. The number of imide groups is 1. The molecule has 3 amide bonds. The Morgan fingerprint density at radius 2 is 1.77 bits per heavy atom. The maximum atomic E-state index is 12.2. The van der Waals surface area contributed by atoms with Crippen LogP contribution in [0.15, 0.2) is 60.1 Å². The molecule has 0 aliphatic carbocycles. The second-order valence-corrected chi connectivity index (χ2v) is 16.0. The van der Waals surface area contributed by atoms with Crippen molar-refractivity contribution in [1.82, 2.24) is 40.1 Å². The number of nitrogens with zero attached hydrogens (tertiary/aromatic N) is 10. The number of hydrogen-bond donors (Lipinski definition) is 3. The highest BCUT2D eigenvalue weighted by atomic mass is 32.2. The molecule has 4 aromatic rings. The monoisotopic (exact) mass is 775 g/mol. The van der Waals surface area contributed by atoms with Crippen LogP contribution in [0.2, 0.25) is 0 Å². The molecule has 5 aliphatic rings. The van der Waals surface area contributed by atoms with E-state index in [4.69, 9.17) is 14.8 Å². The van der Waals surface area contributed by atoms with Gasteiger partial charge in [0.1, 0.15) is 22.4 Å². The molecule has 4 saturated heterocycles. The van der Waals surface area contributed by atoms with Crippen molar-refractivity contribution in [3.05, 3.63) is 66.1 Å². The highest BCUT2D eigenvalue weighted by Gasteiger charge is 2.32. The first-order chi connectivity index (χ1) is 27.5. The predicted octanol–water partition coefficient (Wildman–Crippen LogP) is 3.52. The molecule has 0 spiro atoms. The summed E-state index contributed by atoms with van der Waals surface area (Å²) in [4.78, 5) is 42.3. The zero-order valence-corrected chi connectivity index (χ0v) is 32.0. The summed E-state index contributed by atoms with van der Waals surface area (Å²) in [5.74, 6) is 1.34. The van der Waals surface area contributed by atoms with Crippen LogP contribution in [0.4, 0.5) is 22.0 Å². The molecular weight excluding hydrogens is 731 g/mol. The highest BCUT2D eigenvalue weighted by Crippen LogP contribution is 2.33. The Kier molecular flexibility index (Phi) is 10.4. The summed E-state index contributed by atoms with van der Waals surface area (Å²) in [6, 6.07) is 13.9. The van der Waals surface area contributed by atoms with Crippen molar-refractivity contribution in [2.45, 2.75) is 43.6 Å². The van der Waals surface area contributed by atoms with Gasteiger partial charge in [0.05, 0.1) is 46.1 Å². The molecule has 4 aromatic heterocycles. The van der Waals surface area contributed by atoms with Crippen molar-refractivity contribution < 1.29 is 14.3 Å². The molecule has 16 nitrogen and oxygen atoms in total. The molecule has 0 radical (unpaired) electrons. The summed E-state index contributed by atoms with van der Waals surface area (Å²) in [6.45, 7) is 8.87. The van der Waals surface area contributed by atoms with Gasteiger partial charge in [-0.25, -0.2) is 14.3 Å². The summed E-state index contributed by atoms with van der Waals surface area (Å²) < 4.78 is 7.46. The number of nitriles is 1. The SMILES string of the molecule is N#Cc1cnn2c(-c3cc(NC4CCOCC4)c(C4=NNC(N5CCN(CC6CCN(c7ccc(N8CCC(=O)NC8=O)cn7)CC6)CC5)S4)cn3)ccc2c1. The maximum Gasteiger partial charge on any atom is 0.328 e. The van der Waals surface area contributed by atoms with Crippen molar-refractivity contribution in [1.29, 1.82) is 5.26 Å². The fourth-order valence-electron chi connectivity index (χ4n) is 8.18. The van der Waals surface area contributed by atoms with Crippen LogP contribution in [0.1, 0.15) is 43.2 Å². The van der Waals surface area contributed by atoms with Crippen LogP contribution >= 0.6 is 11.8 Å². The summed E-state index contributed by atoms with van der Waals surface area (Å²) in [5, 5.41) is 25.8. The van der Waals surface area contributed by atoms with E-state index in [1.807, 2.05) is 41.0 Å². The van der Waals surface area contributed by atoms with Crippen LogP contribution in [-0.2, 0) is 9.53 Å². The van der Waals surface area contributed by atoms with Gasteiger partial charge in [0.15, 0.2) is 0 Å². The van der Waals surface area contributed by atoms with E-state index < -0.39 is 0 Å². The number of ether oxygens (including phenoxy) is 1. The molecule has 9 rings (SSSR count). The van der Waals surface area contributed by atoms with E-state index in [2.05, 4.69) is 53.0 Å². The number of hydrogen-bond acceptors (Lipinski definition) is 14. The number of rotatable bonds is 9. The van der Waals surface area contributed by atoms with E-state index in [-0.39, 0.29) is 17.4 Å². The number of pyridine rings is 2. The van der Waals surface area contributed by atoms with Gasteiger partial charge in [-0.2, -0.15) is 15.5 Å². The van der Waals surface area contributed by atoms with Crippen LogP contribution in [0.25, 0.3) is 16.9 Å². The number of thioether (sulfide) groups is 1. The molecule has 5 aliphatic heterocycles. The normalized spacial score (nSPS) is 21.8. The number of fused-ring (bicyclic) bond motifs is 1. The zero-order chi connectivity index (χ0) is 38.0. The highest BCUT2D eigenvalue weighted by molar-refractivity contribution is 8.15. The van der Waals surface area contributed by atoms with E-state index in [1.54, 1.807) is 29.1 Å². The van der Waals surface area contributed by atoms with Crippen LogP contribution in [-0.4, -0.2) is 123 Å². The molecular formula is C39H45N13O3S. The molecule has 56 heavy (non-hydrogen) atoms. The standard InChI is InChI=1S/C39H45N13O3S/c40-21-27-19-29-1-3-34(52(29)43-22-27)33-20-32(44-28-8-17-55-18-9-28)31(24-41-33)37-46-47-39(56-37)50-15-13-48(14-16-50)25-26-5-10-49(11-6-26)35-4-2-30(23-42-35)51-12-7-36(53)45-38(51)54/h1-4,19-20,22-24,26,28,39,47H,5-18,25H2,(H,41,44)(H,45,53,54). The summed E-state index contributed by atoms with van der Waals surface area (Å²) in [7, 11) is 0. The Hall–Kier alpha value is -5.28. The molecule has 4 fully saturated rings. The number of urea groups is 1. The number of amides is 3. The van der Waals surface area contributed by atoms with Gasteiger partial charge in [-0.15, -0.1) is 0 Å². The lowest BCUT2D eigenvalue weighted by molar-refractivity contribution is -0.120. The van der Waals surface area contributed by atoms with Crippen molar-refractivity contribution >= 4 is 51.5 Å². The minimum atomic E-state index is -0.389. The molecule has 1 unspecified atom stereocenters. The summed E-state index contributed by atoms with van der Waals surface area (Å²) in [6.07, 6.45) is 9.64. The van der Waals surface area contributed by atoms with Gasteiger partial charge in [-0.05, 0) is 68.0 Å². The molecule has 1 atom stereocenters. The van der Waals surface area contributed by atoms with Crippen molar-refractivity contribution in [3.8, 4) is 17.5 Å². The van der Waals surface area contributed by atoms with E-state index >= 15 is 0 Å². The third-order valence-electron chi connectivity index (χ3n) is 11.4. The molecule has 9 heterocycles. The topological polar surface area (TPSA) is 172 Å². The second kappa shape index (κ2) is 16.1. The fraction of sp³-hybridized carbons (Fsp3) is 0.462.